The molecule has 0 spiro atoms. The lowest BCUT2D eigenvalue weighted by molar-refractivity contribution is -0.127. The maximum atomic E-state index is 12.9. The van der Waals surface area contributed by atoms with Crippen LogP contribution in [0, 0.1) is 23.2 Å². The fraction of sp³-hybridized carbons (Fsp3) is 0.423. The van der Waals surface area contributed by atoms with Crippen LogP contribution in [0.5, 0.6) is 0 Å². The average molecular weight is 559 g/mol. The number of anilines is 1. The van der Waals surface area contributed by atoms with Crippen molar-refractivity contribution in [1.82, 2.24) is 10.3 Å². The smallest absolute Gasteiger partial charge is 0.228 e. The summed E-state index contributed by atoms with van der Waals surface area (Å²) < 4.78 is 6.80. The number of rotatable bonds is 4. The minimum Gasteiger partial charge on any atom is -0.436 e. The van der Waals surface area contributed by atoms with Crippen molar-refractivity contribution >= 4 is 67.6 Å². The summed E-state index contributed by atoms with van der Waals surface area (Å²) in [5, 5.41) is 6.92. The molecular formula is C26H25BrClN3O2S. The van der Waals surface area contributed by atoms with E-state index >= 15 is 0 Å². The van der Waals surface area contributed by atoms with Gasteiger partial charge in [-0.2, -0.15) is 0 Å². The molecule has 0 unspecified atom stereocenters. The highest BCUT2D eigenvalue weighted by atomic mass is 79.9. The van der Waals surface area contributed by atoms with Crippen LogP contribution in [0.15, 0.2) is 45.3 Å². The molecule has 1 amide bonds. The Kier molecular flexibility index (Phi) is 5.70. The molecule has 0 atom stereocenters. The van der Waals surface area contributed by atoms with Crippen molar-refractivity contribution in [3.8, 4) is 11.5 Å². The SMILES string of the molecule is O=C(CC12CC3CC(CC(C3)C1)C2)NC(=S)Nc1ccc2oc(-c3cc(Br)ccc3Cl)nc2c1. The number of fused-ring (bicyclic) bond motifs is 1. The van der Waals surface area contributed by atoms with Gasteiger partial charge in [-0.15, -0.1) is 0 Å². The topological polar surface area (TPSA) is 67.2 Å². The second-order valence-corrected chi connectivity index (χ2v) is 12.2. The van der Waals surface area contributed by atoms with Crippen LogP contribution < -0.4 is 10.6 Å². The van der Waals surface area contributed by atoms with Crippen LogP contribution in [0.1, 0.15) is 44.9 Å². The molecule has 4 aliphatic carbocycles. The highest BCUT2D eigenvalue weighted by Crippen LogP contribution is 2.61. The lowest BCUT2D eigenvalue weighted by atomic mass is 9.49. The molecule has 0 saturated heterocycles. The Morgan fingerprint density at radius 1 is 1.12 bits per heavy atom. The van der Waals surface area contributed by atoms with Crippen LogP contribution in [-0.4, -0.2) is 16.0 Å². The minimum absolute atomic E-state index is 0.0218. The van der Waals surface area contributed by atoms with Crippen LogP contribution in [-0.2, 0) is 4.79 Å². The van der Waals surface area contributed by atoms with E-state index in [0.29, 0.717) is 39.1 Å². The van der Waals surface area contributed by atoms with Crippen molar-refractivity contribution in [2.45, 2.75) is 44.9 Å². The largest absolute Gasteiger partial charge is 0.436 e. The molecule has 5 nitrogen and oxygen atoms in total. The van der Waals surface area contributed by atoms with Gasteiger partial charge in [0.05, 0.1) is 10.6 Å². The number of carbonyl (C=O) groups is 1. The first-order valence-electron chi connectivity index (χ1n) is 11.8. The summed E-state index contributed by atoms with van der Waals surface area (Å²) in [4.78, 5) is 17.5. The summed E-state index contributed by atoms with van der Waals surface area (Å²) in [7, 11) is 0. The zero-order valence-electron chi connectivity index (χ0n) is 18.6. The zero-order chi connectivity index (χ0) is 23.4. The van der Waals surface area contributed by atoms with E-state index in [1.807, 2.05) is 30.3 Å². The van der Waals surface area contributed by atoms with Crippen molar-refractivity contribution < 1.29 is 9.21 Å². The molecular weight excluding hydrogens is 534 g/mol. The number of amides is 1. The second-order valence-electron chi connectivity index (χ2n) is 10.4. The van der Waals surface area contributed by atoms with Gasteiger partial charge in [-0.3, -0.25) is 4.79 Å². The Balaban J connectivity index is 1.12. The Labute approximate surface area is 217 Å². The monoisotopic (exact) mass is 557 g/mol. The molecule has 1 aromatic heterocycles. The second kappa shape index (κ2) is 8.61. The quantitative estimate of drug-likeness (QED) is 0.328. The van der Waals surface area contributed by atoms with Gasteiger partial charge in [-0.1, -0.05) is 27.5 Å². The molecule has 8 heteroatoms. The summed E-state index contributed by atoms with van der Waals surface area (Å²) in [5.41, 5.74) is 2.98. The zero-order valence-corrected chi connectivity index (χ0v) is 21.7. The minimum atomic E-state index is 0.0218. The highest BCUT2D eigenvalue weighted by molar-refractivity contribution is 9.10. The van der Waals surface area contributed by atoms with E-state index in [1.54, 1.807) is 6.07 Å². The van der Waals surface area contributed by atoms with Crippen molar-refractivity contribution in [3.05, 3.63) is 45.9 Å². The molecule has 34 heavy (non-hydrogen) atoms. The Morgan fingerprint density at radius 2 is 1.82 bits per heavy atom. The number of hydrogen-bond donors (Lipinski definition) is 2. The molecule has 2 aromatic carbocycles. The third kappa shape index (κ3) is 4.38. The van der Waals surface area contributed by atoms with Crippen molar-refractivity contribution in [1.29, 1.82) is 0 Å². The lowest BCUT2D eigenvalue weighted by Crippen LogP contribution is -2.48. The maximum Gasteiger partial charge on any atom is 0.228 e. The fourth-order valence-electron chi connectivity index (χ4n) is 6.96. The van der Waals surface area contributed by atoms with Crippen LogP contribution in [0.2, 0.25) is 5.02 Å². The van der Waals surface area contributed by atoms with E-state index in [2.05, 4.69) is 31.5 Å². The van der Waals surface area contributed by atoms with Crippen molar-refractivity contribution in [2.75, 3.05) is 5.32 Å². The van der Waals surface area contributed by atoms with Gasteiger partial charge >= 0.3 is 0 Å². The average Bonchev–Trinajstić information content (AvgIpc) is 3.17. The maximum absolute atomic E-state index is 12.9. The molecule has 3 aromatic rings. The molecule has 1 heterocycles. The number of oxazole rings is 1. The van der Waals surface area contributed by atoms with E-state index in [9.17, 15) is 4.79 Å². The number of nitrogens with one attached hydrogen (secondary N) is 2. The molecule has 7 rings (SSSR count). The van der Waals surface area contributed by atoms with Gasteiger partial charge < -0.3 is 15.1 Å². The van der Waals surface area contributed by atoms with Crippen molar-refractivity contribution in [3.63, 3.8) is 0 Å². The predicted molar refractivity (Wildman–Crippen MR) is 142 cm³/mol. The normalized spacial score (nSPS) is 27.2. The summed E-state index contributed by atoms with van der Waals surface area (Å²) in [6, 6.07) is 11.1. The molecule has 4 bridgehead atoms. The van der Waals surface area contributed by atoms with Gasteiger partial charge in [0.25, 0.3) is 0 Å². The van der Waals surface area contributed by atoms with E-state index < -0.39 is 0 Å². The van der Waals surface area contributed by atoms with Crippen molar-refractivity contribution in [2.24, 2.45) is 23.2 Å². The number of aromatic nitrogens is 1. The molecule has 4 fully saturated rings. The Bertz CT molecular complexity index is 1270. The standard InChI is InChI=1S/C26H25BrClN3O2S/c27-17-1-3-20(28)19(8-17)24-30-21-9-18(2-4-22(21)33-24)29-25(34)31-23(32)13-26-10-14-5-15(11-26)7-16(6-14)12-26/h1-4,8-9,14-16H,5-7,10-13H2,(H2,29,31,32,34). The predicted octanol–water partition coefficient (Wildman–Crippen LogP) is 7.33. The highest BCUT2D eigenvalue weighted by Gasteiger charge is 2.51. The summed E-state index contributed by atoms with van der Waals surface area (Å²) in [6.45, 7) is 0. The van der Waals surface area contributed by atoms with Gasteiger partial charge in [0.1, 0.15) is 5.52 Å². The first-order valence-corrected chi connectivity index (χ1v) is 13.4. The van der Waals surface area contributed by atoms with Gasteiger partial charge in [-0.05, 0) is 110 Å². The third-order valence-electron chi connectivity index (χ3n) is 7.76. The summed E-state index contributed by atoms with van der Waals surface area (Å²) >= 11 is 15.2. The molecule has 0 radical (unpaired) electrons. The molecule has 4 aliphatic rings. The third-order valence-corrected chi connectivity index (χ3v) is 8.78. The van der Waals surface area contributed by atoms with Gasteiger partial charge in [0, 0.05) is 16.6 Å². The van der Waals surface area contributed by atoms with Gasteiger partial charge in [0.15, 0.2) is 10.7 Å². The summed E-state index contributed by atoms with van der Waals surface area (Å²) in [6.07, 6.45) is 8.33. The number of benzene rings is 2. The fourth-order valence-corrected chi connectivity index (χ4v) is 7.75. The first-order chi connectivity index (χ1) is 16.3. The number of hydrogen-bond acceptors (Lipinski definition) is 4. The van der Waals surface area contributed by atoms with E-state index in [1.165, 1.54) is 38.5 Å². The van der Waals surface area contributed by atoms with E-state index in [4.69, 9.17) is 28.2 Å². The molecule has 176 valence electrons. The van der Waals surface area contributed by atoms with E-state index in [0.717, 1.165) is 27.9 Å². The number of carbonyl (C=O) groups excluding carboxylic acids is 1. The van der Waals surface area contributed by atoms with Gasteiger partial charge in [-0.25, -0.2) is 4.98 Å². The summed E-state index contributed by atoms with van der Waals surface area (Å²) in [5.74, 6) is 2.96. The molecule has 0 aliphatic heterocycles. The van der Waals surface area contributed by atoms with Gasteiger partial charge in [0.2, 0.25) is 11.8 Å². The lowest BCUT2D eigenvalue weighted by Gasteiger charge is -2.56. The molecule has 4 saturated carbocycles. The Morgan fingerprint density at radius 3 is 2.53 bits per heavy atom. The van der Waals surface area contributed by atoms with Crippen LogP contribution >= 0.6 is 39.7 Å². The molecule has 2 N–H and O–H groups in total. The number of halogens is 2. The number of thiocarbonyl (C=S) groups is 1. The number of nitrogens with zero attached hydrogens (tertiary/aromatic N) is 1. The van der Waals surface area contributed by atoms with Crippen LogP contribution in [0.25, 0.3) is 22.6 Å². The van der Waals surface area contributed by atoms with Crippen LogP contribution in [0.4, 0.5) is 5.69 Å². The Hall–Kier alpha value is -1.96. The van der Waals surface area contributed by atoms with Crippen LogP contribution in [0.3, 0.4) is 0 Å². The first kappa shape index (κ1) is 22.5. The van der Waals surface area contributed by atoms with E-state index in [-0.39, 0.29) is 11.3 Å².